The van der Waals surface area contributed by atoms with Gasteiger partial charge >= 0.3 is 5.97 Å². The van der Waals surface area contributed by atoms with Crippen molar-refractivity contribution in [2.45, 2.75) is 25.3 Å². The van der Waals surface area contributed by atoms with Crippen LogP contribution in [0.4, 0.5) is 0 Å². The summed E-state index contributed by atoms with van der Waals surface area (Å²) in [6, 6.07) is -0.677. The van der Waals surface area contributed by atoms with Gasteiger partial charge in [0.2, 0.25) is 11.8 Å². The molecule has 18 heavy (non-hydrogen) atoms. The maximum absolute atomic E-state index is 11.4. The third-order valence-corrected chi connectivity index (χ3v) is 2.17. The molecule has 0 aromatic heterocycles. The van der Waals surface area contributed by atoms with Crippen LogP contribution in [0.5, 0.6) is 0 Å². The average molecular weight is 260 g/mol. The minimum absolute atomic E-state index is 0.281. The minimum Gasteiger partial charge on any atom is -0.480 e. The van der Waals surface area contributed by atoms with E-state index in [0.717, 1.165) is 12.8 Å². The van der Waals surface area contributed by atoms with Gasteiger partial charge in [0, 0.05) is 0 Å². The fourth-order valence-corrected chi connectivity index (χ4v) is 1.17. The van der Waals surface area contributed by atoms with Crippen molar-refractivity contribution in [3.63, 3.8) is 0 Å². The van der Waals surface area contributed by atoms with Gasteiger partial charge < -0.3 is 27.2 Å². The zero-order chi connectivity index (χ0) is 14.0. The molecule has 8 nitrogen and oxygen atoms in total. The molecule has 0 aliphatic heterocycles. The molecule has 0 saturated heterocycles. The average Bonchev–Trinajstić information content (AvgIpc) is 2.33. The zero-order valence-electron chi connectivity index (χ0n) is 10.1. The van der Waals surface area contributed by atoms with E-state index in [0.29, 0.717) is 13.0 Å². The number of carboxylic acids is 1. The van der Waals surface area contributed by atoms with Crippen LogP contribution in [0.1, 0.15) is 19.3 Å². The smallest absolute Gasteiger partial charge is 0.322 e. The lowest BCUT2D eigenvalue weighted by Crippen LogP contribution is -2.45. The Morgan fingerprint density at radius 2 is 1.78 bits per heavy atom. The summed E-state index contributed by atoms with van der Waals surface area (Å²) < 4.78 is 0. The number of aliphatic carboxylic acids is 1. The first kappa shape index (κ1) is 16.3. The maximum Gasteiger partial charge on any atom is 0.322 e. The summed E-state index contributed by atoms with van der Waals surface area (Å²) in [5, 5.41) is 12.8. The van der Waals surface area contributed by atoms with Crippen molar-refractivity contribution in [1.29, 1.82) is 0 Å². The van der Waals surface area contributed by atoms with Gasteiger partial charge in [-0.15, -0.1) is 0 Å². The summed E-state index contributed by atoms with van der Waals surface area (Å²) in [6.45, 7) is -0.208. The van der Waals surface area contributed by atoms with Crippen molar-refractivity contribution in [1.82, 2.24) is 10.6 Å². The molecule has 0 fully saturated rings. The Balaban J connectivity index is 3.74. The molecule has 0 saturated carbocycles. The van der Waals surface area contributed by atoms with Gasteiger partial charge in [-0.25, -0.2) is 0 Å². The van der Waals surface area contributed by atoms with E-state index >= 15 is 0 Å². The molecule has 0 aliphatic carbocycles. The summed E-state index contributed by atoms with van der Waals surface area (Å²) in [4.78, 5) is 32.7. The third-order valence-electron chi connectivity index (χ3n) is 2.17. The standard InChI is InChI=1S/C10H20N4O4/c11-4-2-1-3-7(12)10(18)14-5-8(15)13-6-9(16)17/h7H,1-6,11-12H2,(H,13,15)(H,14,18)(H,16,17). The fourth-order valence-electron chi connectivity index (χ4n) is 1.17. The third kappa shape index (κ3) is 8.48. The Hall–Kier alpha value is -1.67. The molecule has 0 spiro atoms. The molecule has 0 bridgehead atoms. The zero-order valence-corrected chi connectivity index (χ0v) is 10.1. The predicted molar refractivity (Wildman–Crippen MR) is 64.5 cm³/mol. The quantitative estimate of drug-likeness (QED) is 0.296. The van der Waals surface area contributed by atoms with Crippen LogP contribution in [0, 0.1) is 0 Å². The first-order valence-corrected chi connectivity index (χ1v) is 5.69. The highest BCUT2D eigenvalue weighted by atomic mass is 16.4. The van der Waals surface area contributed by atoms with Gasteiger partial charge in [-0.3, -0.25) is 14.4 Å². The second-order valence-corrected chi connectivity index (χ2v) is 3.78. The Labute approximate surface area is 105 Å². The molecule has 0 aliphatic rings. The molecular formula is C10H20N4O4. The summed E-state index contributed by atoms with van der Waals surface area (Å²) in [5.41, 5.74) is 10.9. The van der Waals surface area contributed by atoms with Crippen LogP contribution in [0.3, 0.4) is 0 Å². The van der Waals surface area contributed by atoms with Crippen LogP contribution < -0.4 is 22.1 Å². The monoisotopic (exact) mass is 260 g/mol. The number of rotatable bonds is 9. The molecule has 0 heterocycles. The van der Waals surface area contributed by atoms with Gasteiger partial charge in [0.1, 0.15) is 6.54 Å². The van der Waals surface area contributed by atoms with Crippen molar-refractivity contribution in [3.05, 3.63) is 0 Å². The van der Waals surface area contributed by atoms with E-state index in [-0.39, 0.29) is 6.54 Å². The fraction of sp³-hybridized carbons (Fsp3) is 0.700. The van der Waals surface area contributed by atoms with Crippen molar-refractivity contribution in [2.75, 3.05) is 19.6 Å². The Kier molecular flexibility index (Phi) is 8.50. The van der Waals surface area contributed by atoms with E-state index in [2.05, 4.69) is 10.6 Å². The summed E-state index contributed by atoms with van der Waals surface area (Å²) in [5.74, 6) is -2.15. The normalized spacial score (nSPS) is 11.7. The number of unbranched alkanes of at least 4 members (excludes halogenated alkanes) is 1. The Bertz CT molecular complexity index is 296. The van der Waals surface area contributed by atoms with E-state index in [4.69, 9.17) is 16.6 Å². The highest BCUT2D eigenvalue weighted by Gasteiger charge is 2.13. The number of carbonyl (C=O) groups excluding carboxylic acids is 2. The van der Waals surface area contributed by atoms with Gasteiger partial charge in [-0.1, -0.05) is 6.42 Å². The molecule has 0 aromatic carbocycles. The van der Waals surface area contributed by atoms with E-state index in [1.54, 1.807) is 0 Å². The Morgan fingerprint density at radius 3 is 2.33 bits per heavy atom. The van der Waals surface area contributed by atoms with Crippen LogP contribution in [-0.4, -0.2) is 48.6 Å². The largest absolute Gasteiger partial charge is 0.480 e. The lowest BCUT2D eigenvalue weighted by Gasteiger charge is -2.11. The molecule has 104 valence electrons. The van der Waals surface area contributed by atoms with Crippen LogP contribution in [0.15, 0.2) is 0 Å². The van der Waals surface area contributed by atoms with Crippen LogP contribution in [0.25, 0.3) is 0 Å². The highest BCUT2D eigenvalue weighted by Crippen LogP contribution is 1.97. The first-order chi connectivity index (χ1) is 8.47. The van der Waals surface area contributed by atoms with Gasteiger partial charge in [0.05, 0.1) is 12.6 Å². The van der Waals surface area contributed by atoms with Crippen molar-refractivity contribution >= 4 is 17.8 Å². The van der Waals surface area contributed by atoms with E-state index < -0.39 is 30.4 Å². The molecular weight excluding hydrogens is 240 g/mol. The molecule has 7 N–H and O–H groups in total. The highest BCUT2D eigenvalue weighted by molar-refractivity contribution is 5.88. The minimum atomic E-state index is -1.15. The van der Waals surface area contributed by atoms with Crippen molar-refractivity contribution < 1.29 is 19.5 Å². The Morgan fingerprint density at radius 1 is 1.11 bits per heavy atom. The number of hydrogen-bond donors (Lipinski definition) is 5. The molecule has 1 unspecified atom stereocenters. The van der Waals surface area contributed by atoms with Gasteiger partial charge in [0.25, 0.3) is 0 Å². The molecule has 0 aromatic rings. The number of nitrogens with two attached hydrogens (primary N) is 2. The second kappa shape index (κ2) is 9.37. The number of hydrogen-bond acceptors (Lipinski definition) is 5. The topological polar surface area (TPSA) is 148 Å². The molecule has 0 rings (SSSR count). The first-order valence-electron chi connectivity index (χ1n) is 5.69. The maximum atomic E-state index is 11.4. The van der Waals surface area contributed by atoms with Crippen LogP contribution in [-0.2, 0) is 14.4 Å². The summed E-state index contributed by atoms with van der Waals surface area (Å²) in [6.07, 6.45) is 2.04. The number of nitrogens with one attached hydrogen (secondary N) is 2. The lowest BCUT2D eigenvalue weighted by molar-refractivity contribution is -0.137. The molecule has 1 atom stereocenters. The molecule has 8 heteroatoms. The van der Waals surface area contributed by atoms with Crippen molar-refractivity contribution in [2.24, 2.45) is 11.5 Å². The number of carbonyl (C=O) groups is 3. The molecule has 2 amide bonds. The van der Waals surface area contributed by atoms with E-state index in [9.17, 15) is 14.4 Å². The summed E-state index contributed by atoms with van der Waals surface area (Å²) >= 11 is 0. The lowest BCUT2D eigenvalue weighted by atomic mass is 10.1. The second-order valence-electron chi connectivity index (χ2n) is 3.78. The van der Waals surface area contributed by atoms with E-state index in [1.165, 1.54) is 0 Å². The molecule has 0 radical (unpaired) electrons. The number of amides is 2. The predicted octanol–water partition coefficient (Wildman–Crippen LogP) is -2.24. The summed E-state index contributed by atoms with van der Waals surface area (Å²) in [7, 11) is 0. The van der Waals surface area contributed by atoms with Gasteiger partial charge in [-0.05, 0) is 19.4 Å². The van der Waals surface area contributed by atoms with Crippen LogP contribution >= 0.6 is 0 Å². The van der Waals surface area contributed by atoms with Gasteiger partial charge in [-0.2, -0.15) is 0 Å². The van der Waals surface area contributed by atoms with Crippen LogP contribution in [0.2, 0.25) is 0 Å². The SMILES string of the molecule is NCCCCC(N)C(=O)NCC(=O)NCC(=O)O. The number of carboxylic acid groups (broad SMARTS) is 1. The van der Waals surface area contributed by atoms with Crippen molar-refractivity contribution in [3.8, 4) is 0 Å². The van der Waals surface area contributed by atoms with E-state index in [1.807, 2.05) is 0 Å². The van der Waals surface area contributed by atoms with Gasteiger partial charge in [0.15, 0.2) is 0 Å².